The van der Waals surface area contributed by atoms with Crippen molar-refractivity contribution in [1.29, 1.82) is 0 Å². The van der Waals surface area contributed by atoms with Crippen LogP contribution in [0.2, 0.25) is 0 Å². The fourth-order valence-corrected chi connectivity index (χ4v) is 3.43. The zero-order valence-electron chi connectivity index (χ0n) is 15.9. The van der Waals surface area contributed by atoms with E-state index in [1.54, 1.807) is 6.92 Å². The van der Waals surface area contributed by atoms with E-state index in [-0.39, 0.29) is 12.3 Å². The molecule has 1 aliphatic heterocycles. The van der Waals surface area contributed by atoms with E-state index >= 15 is 0 Å². The van der Waals surface area contributed by atoms with Crippen molar-refractivity contribution >= 4 is 11.9 Å². The number of carboxylic acid groups (broad SMARTS) is 1. The van der Waals surface area contributed by atoms with Crippen molar-refractivity contribution in [2.24, 2.45) is 0 Å². The molecule has 0 aliphatic carbocycles. The summed E-state index contributed by atoms with van der Waals surface area (Å²) in [6, 6.07) is 7.99. The average molecular weight is 371 g/mol. The molecule has 1 aliphatic rings. The Kier molecular flexibility index (Phi) is 5.30. The van der Waals surface area contributed by atoms with Crippen LogP contribution in [0, 0.1) is 0 Å². The van der Waals surface area contributed by atoms with Crippen LogP contribution in [0.1, 0.15) is 57.4 Å². The zero-order chi connectivity index (χ0) is 19.6. The number of aromatic nitrogens is 2. The number of hydrogen-bond acceptors (Lipinski definition) is 5. The summed E-state index contributed by atoms with van der Waals surface area (Å²) >= 11 is 0. The van der Waals surface area contributed by atoms with E-state index in [4.69, 9.17) is 4.52 Å². The fraction of sp³-hybridized carbons (Fsp3) is 0.500. The lowest BCUT2D eigenvalue weighted by atomic mass is 9.99. The van der Waals surface area contributed by atoms with E-state index in [2.05, 4.69) is 24.0 Å². The fourth-order valence-electron chi connectivity index (χ4n) is 3.43. The second-order valence-electron chi connectivity index (χ2n) is 7.52. The molecular formula is C20H25N3O4. The van der Waals surface area contributed by atoms with Gasteiger partial charge < -0.3 is 14.5 Å². The molecule has 144 valence electrons. The first-order chi connectivity index (χ1) is 12.8. The molecule has 7 heteroatoms. The van der Waals surface area contributed by atoms with Gasteiger partial charge in [-0.2, -0.15) is 4.98 Å². The van der Waals surface area contributed by atoms with Crippen molar-refractivity contribution < 1.29 is 19.2 Å². The quantitative estimate of drug-likeness (QED) is 0.837. The van der Waals surface area contributed by atoms with Crippen LogP contribution in [0.3, 0.4) is 0 Å². The van der Waals surface area contributed by atoms with Crippen molar-refractivity contribution in [2.75, 3.05) is 6.54 Å². The van der Waals surface area contributed by atoms with Gasteiger partial charge in [0.2, 0.25) is 17.6 Å². The SMILES string of the molecule is CC(C)c1ccc(-c2noc(CCC(=O)N3CCCC3(C)C(=O)O)n2)cc1. The minimum Gasteiger partial charge on any atom is -0.480 e. The first kappa shape index (κ1) is 19.1. The van der Waals surface area contributed by atoms with E-state index in [9.17, 15) is 14.7 Å². The summed E-state index contributed by atoms with van der Waals surface area (Å²) < 4.78 is 5.26. The van der Waals surface area contributed by atoms with E-state index in [0.717, 1.165) is 5.56 Å². The lowest BCUT2D eigenvalue weighted by Gasteiger charge is -2.31. The van der Waals surface area contributed by atoms with Crippen LogP contribution >= 0.6 is 0 Å². The summed E-state index contributed by atoms with van der Waals surface area (Å²) in [5.41, 5.74) is 0.980. The first-order valence-corrected chi connectivity index (χ1v) is 9.28. The molecule has 7 nitrogen and oxygen atoms in total. The standard InChI is InChI=1S/C20H25N3O4/c1-13(2)14-5-7-15(8-6-14)18-21-16(27-22-18)9-10-17(24)23-12-4-11-20(23,3)19(25)26/h5-8,13H,4,9-12H2,1-3H3,(H,25,26). The summed E-state index contributed by atoms with van der Waals surface area (Å²) in [5.74, 6) is 0.163. The number of aliphatic carboxylic acids is 1. The lowest BCUT2D eigenvalue weighted by Crippen LogP contribution is -2.50. The van der Waals surface area contributed by atoms with Crippen LogP contribution in [0.25, 0.3) is 11.4 Å². The highest BCUT2D eigenvalue weighted by Crippen LogP contribution is 2.30. The molecule has 1 aromatic heterocycles. The average Bonchev–Trinajstić information content (AvgIpc) is 3.27. The smallest absolute Gasteiger partial charge is 0.329 e. The van der Waals surface area contributed by atoms with E-state index in [1.807, 2.05) is 24.3 Å². The van der Waals surface area contributed by atoms with Gasteiger partial charge in [0.25, 0.3) is 0 Å². The number of likely N-dealkylation sites (tertiary alicyclic amines) is 1. The molecule has 1 atom stereocenters. The molecule has 1 unspecified atom stereocenters. The Morgan fingerprint density at radius 3 is 2.63 bits per heavy atom. The number of hydrogen-bond donors (Lipinski definition) is 1. The summed E-state index contributed by atoms with van der Waals surface area (Å²) in [6.07, 6.45) is 1.62. The minimum atomic E-state index is -1.12. The first-order valence-electron chi connectivity index (χ1n) is 9.28. The molecule has 0 saturated carbocycles. The Bertz CT molecular complexity index is 828. The van der Waals surface area contributed by atoms with Gasteiger partial charge in [0.1, 0.15) is 5.54 Å². The van der Waals surface area contributed by atoms with Crippen LogP contribution in [0.5, 0.6) is 0 Å². The Hall–Kier alpha value is -2.70. The maximum absolute atomic E-state index is 12.5. The molecule has 1 saturated heterocycles. The van der Waals surface area contributed by atoms with Crippen molar-refractivity contribution in [2.45, 2.75) is 57.9 Å². The molecule has 2 heterocycles. The van der Waals surface area contributed by atoms with Crippen LogP contribution in [0.15, 0.2) is 28.8 Å². The predicted octanol–water partition coefficient (Wildman–Crippen LogP) is 3.26. The maximum Gasteiger partial charge on any atom is 0.329 e. The summed E-state index contributed by atoms with van der Waals surface area (Å²) in [6.45, 7) is 6.34. The summed E-state index contributed by atoms with van der Waals surface area (Å²) in [5, 5.41) is 13.4. The van der Waals surface area contributed by atoms with Gasteiger partial charge in [-0.25, -0.2) is 4.79 Å². The van der Waals surface area contributed by atoms with Crippen molar-refractivity contribution in [3.63, 3.8) is 0 Å². The van der Waals surface area contributed by atoms with Crippen molar-refractivity contribution in [3.8, 4) is 11.4 Å². The van der Waals surface area contributed by atoms with Gasteiger partial charge >= 0.3 is 5.97 Å². The molecule has 0 spiro atoms. The highest BCUT2D eigenvalue weighted by atomic mass is 16.5. The van der Waals surface area contributed by atoms with Crippen LogP contribution in [-0.4, -0.2) is 44.1 Å². The molecule has 0 bridgehead atoms. The third-order valence-corrected chi connectivity index (χ3v) is 5.26. The number of amides is 1. The van der Waals surface area contributed by atoms with Gasteiger partial charge in [0.15, 0.2) is 0 Å². The Morgan fingerprint density at radius 2 is 2.00 bits per heavy atom. The number of nitrogens with zero attached hydrogens (tertiary/aromatic N) is 3. The van der Waals surface area contributed by atoms with Gasteiger partial charge in [-0.05, 0) is 31.2 Å². The second-order valence-corrected chi connectivity index (χ2v) is 7.52. The van der Waals surface area contributed by atoms with E-state index < -0.39 is 11.5 Å². The topological polar surface area (TPSA) is 96.5 Å². The number of carbonyl (C=O) groups excluding carboxylic acids is 1. The molecule has 0 radical (unpaired) electrons. The monoisotopic (exact) mass is 371 g/mol. The van der Waals surface area contributed by atoms with E-state index in [1.165, 1.54) is 10.5 Å². The Labute approximate surface area is 158 Å². The lowest BCUT2D eigenvalue weighted by molar-refractivity contribution is -0.155. The molecule has 27 heavy (non-hydrogen) atoms. The maximum atomic E-state index is 12.5. The number of benzene rings is 1. The molecular weight excluding hydrogens is 346 g/mol. The number of rotatable bonds is 6. The van der Waals surface area contributed by atoms with Gasteiger partial charge in [-0.1, -0.05) is 43.3 Å². The summed E-state index contributed by atoms with van der Waals surface area (Å²) in [7, 11) is 0. The van der Waals surface area contributed by atoms with Gasteiger partial charge in [-0.15, -0.1) is 0 Å². The number of carboxylic acids is 1. The Balaban J connectivity index is 1.63. The molecule has 1 aromatic carbocycles. The van der Waals surface area contributed by atoms with Gasteiger partial charge in [0, 0.05) is 24.9 Å². The van der Waals surface area contributed by atoms with Crippen LogP contribution in [0.4, 0.5) is 0 Å². The van der Waals surface area contributed by atoms with E-state index in [0.29, 0.717) is 43.4 Å². The second kappa shape index (κ2) is 7.50. The molecule has 3 rings (SSSR count). The van der Waals surface area contributed by atoms with Crippen LogP contribution in [-0.2, 0) is 16.0 Å². The minimum absolute atomic E-state index is 0.150. The summed E-state index contributed by atoms with van der Waals surface area (Å²) in [4.78, 5) is 29.8. The zero-order valence-corrected chi connectivity index (χ0v) is 15.9. The molecule has 1 amide bonds. The molecule has 1 fully saturated rings. The van der Waals surface area contributed by atoms with Crippen LogP contribution < -0.4 is 0 Å². The highest BCUT2D eigenvalue weighted by Gasteiger charge is 2.45. The third-order valence-electron chi connectivity index (χ3n) is 5.26. The van der Waals surface area contributed by atoms with Gasteiger partial charge in [0.05, 0.1) is 0 Å². The van der Waals surface area contributed by atoms with Gasteiger partial charge in [-0.3, -0.25) is 4.79 Å². The molecule has 2 aromatic rings. The van der Waals surface area contributed by atoms with Crippen molar-refractivity contribution in [1.82, 2.24) is 15.0 Å². The molecule has 1 N–H and O–H groups in total. The normalized spacial score (nSPS) is 19.6. The highest BCUT2D eigenvalue weighted by molar-refractivity contribution is 5.87. The number of carbonyl (C=O) groups is 2. The van der Waals surface area contributed by atoms with Crippen molar-refractivity contribution in [3.05, 3.63) is 35.7 Å². The Morgan fingerprint density at radius 1 is 1.30 bits per heavy atom. The largest absolute Gasteiger partial charge is 0.480 e. The predicted molar refractivity (Wildman–Crippen MR) is 99.1 cm³/mol. The number of aryl methyl sites for hydroxylation is 1. The third kappa shape index (κ3) is 3.86.